The number of nitrogens with zero attached hydrogens (tertiary/aromatic N) is 1. The van der Waals surface area contributed by atoms with Crippen LogP contribution in [0.1, 0.15) is 19.8 Å². The zero-order chi connectivity index (χ0) is 13.8. The van der Waals surface area contributed by atoms with Crippen molar-refractivity contribution in [3.63, 3.8) is 0 Å². The second-order valence-corrected chi connectivity index (χ2v) is 5.79. The lowest BCUT2D eigenvalue weighted by molar-refractivity contribution is 0.178. The molecule has 1 aliphatic rings. The maximum Gasteiger partial charge on any atom is 0.0509 e. The Labute approximate surface area is 120 Å². The van der Waals surface area contributed by atoms with Crippen molar-refractivity contribution >= 4 is 10.9 Å². The van der Waals surface area contributed by atoms with E-state index in [0.717, 1.165) is 32.7 Å². The summed E-state index contributed by atoms with van der Waals surface area (Å²) in [6.45, 7) is 6.30. The lowest BCUT2D eigenvalue weighted by atomic mass is 10.0. The van der Waals surface area contributed by atoms with E-state index < -0.39 is 0 Å². The summed E-state index contributed by atoms with van der Waals surface area (Å²) < 4.78 is 7.80. The molecular weight excluding hydrogens is 248 g/mol. The molecule has 0 spiro atoms. The molecule has 1 fully saturated rings. The number of rotatable bonds is 6. The van der Waals surface area contributed by atoms with E-state index in [-0.39, 0.29) is 0 Å². The zero-order valence-electron chi connectivity index (χ0n) is 12.2. The van der Waals surface area contributed by atoms with Crippen LogP contribution < -0.4 is 5.32 Å². The molecule has 2 aromatic rings. The first-order valence-electron chi connectivity index (χ1n) is 7.69. The predicted octanol–water partition coefficient (Wildman–Crippen LogP) is 3.05. The van der Waals surface area contributed by atoms with Gasteiger partial charge in [0.1, 0.15) is 0 Å². The summed E-state index contributed by atoms with van der Waals surface area (Å²) in [6, 6.07) is 11.3. The molecule has 0 bridgehead atoms. The monoisotopic (exact) mass is 272 g/mol. The molecule has 1 N–H and O–H groups in total. The summed E-state index contributed by atoms with van der Waals surface area (Å²) in [6.07, 6.45) is 4.56. The van der Waals surface area contributed by atoms with Gasteiger partial charge in [0.15, 0.2) is 0 Å². The van der Waals surface area contributed by atoms with Gasteiger partial charge in [-0.1, -0.05) is 18.2 Å². The smallest absolute Gasteiger partial charge is 0.0509 e. The number of fused-ring (bicyclic) bond motifs is 1. The largest absolute Gasteiger partial charge is 0.381 e. The molecule has 3 nitrogen and oxygen atoms in total. The zero-order valence-corrected chi connectivity index (χ0v) is 12.2. The predicted molar refractivity (Wildman–Crippen MR) is 82.9 cm³/mol. The molecule has 1 saturated heterocycles. The first-order valence-corrected chi connectivity index (χ1v) is 7.69. The van der Waals surface area contributed by atoms with Crippen molar-refractivity contribution in [2.75, 3.05) is 19.8 Å². The van der Waals surface area contributed by atoms with Gasteiger partial charge in [0.05, 0.1) is 6.61 Å². The van der Waals surface area contributed by atoms with Gasteiger partial charge in [-0.3, -0.25) is 0 Å². The van der Waals surface area contributed by atoms with Crippen molar-refractivity contribution in [2.45, 2.75) is 32.4 Å². The van der Waals surface area contributed by atoms with Crippen LogP contribution in [0.4, 0.5) is 0 Å². The van der Waals surface area contributed by atoms with E-state index in [1.54, 1.807) is 0 Å². The second kappa shape index (κ2) is 6.42. The quantitative estimate of drug-likeness (QED) is 0.818. The van der Waals surface area contributed by atoms with Crippen molar-refractivity contribution in [1.29, 1.82) is 0 Å². The summed E-state index contributed by atoms with van der Waals surface area (Å²) >= 11 is 0. The fourth-order valence-electron chi connectivity index (χ4n) is 3.03. The molecule has 3 rings (SSSR count). The molecule has 2 atom stereocenters. The second-order valence-electron chi connectivity index (χ2n) is 5.79. The van der Waals surface area contributed by atoms with Gasteiger partial charge < -0.3 is 14.6 Å². The van der Waals surface area contributed by atoms with Crippen molar-refractivity contribution < 1.29 is 4.74 Å². The molecule has 2 heterocycles. The summed E-state index contributed by atoms with van der Waals surface area (Å²) in [7, 11) is 0. The number of hydrogen-bond donors (Lipinski definition) is 1. The number of nitrogens with one attached hydrogen (secondary N) is 1. The SMILES string of the molecule is CC(NCCCn1ccc2ccccc21)C1CCOC1. The highest BCUT2D eigenvalue weighted by Gasteiger charge is 2.21. The number of aryl methyl sites for hydroxylation is 1. The van der Waals surface area contributed by atoms with E-state index in [4.69, 9.17) is 4.74 Å². The lowest BCUT2D eigenvalue weighted by Crippen LogP contribution is -2.34. The first kappa shape index (κ1) is 13.7. The summed E-state index contributed by atoms with van der Waals surface area (Å²) in [5, 5.41) is 4.97. The average molecular weight is 272 g/mol. The van der Waals surface area contributed by atoms with Gasteiger partial charge in [0.25, 0.3) is 0 Å². The highest BCUT2D eigenvalue weighted by Crippen LogP contribution is 2.17. The number of ether oxygens (including phenoxy) is 1. The van der Waals surface area contributed by atoms with Crippen LogP contribution in [0.3, 0.4) is 0 Å². The summed E-state index contributed by atoms with van der Waals surface area (Å²) in [4.78, 5) is 0. The average Bonchev–Trinajstić information content (AvgIpc) is 3.13. The number of hydrogen-bond acceptors (Lipinski definition) is 2. The normalized spacial score (nSPS) is 20.6. The Kier molecular flexibility index (Phi) is 4.38. The van der Waals surface area contributed by atoms with Crippen molar-refractivity contribution in [3.8, 4) is 0 Å². The molecule has 108 valence electrons. The standard InChI is InChI=1S/C17H24N2O/c1-14(16-8-12-20-13-16)18-9-4-10-19-11-7-15-5-2-3-6-17(15)19/h2-3,5-7,11,14,16,18H,4,8-10,12-13H2,1H3. The summed E-state index contributed by atoms with van der Waals surface area (Å²) in [5.74, 6) is 0.697. The van der Waals surface area contributed by atoms with Crippen LogP contribution in [0.2, 0.25) is 0 Å². The van der Waals surface area contributed by atoms with Gasteiger partial charge in [-0.2, -0.15) is 0 Å². The molecule has 1 aliphatic heterocycles. The minimum Gasteiger partial charge on any atom is -0.381 e. The maximum atomic E-state index is 5.45. The third-order valence-corrected chi connectivity index (χ3v) is 4.39. The van der Waals surface area contributed by atoms with E-state index in [9.17, 15) is 0 Å². The highest BCUT2D eigenvalue weighted by atomic mass is 16.5. The van der Waals surface area contributed by atoms with Crippen molar-refractivity contribution in [1.82, 2.24) is 9.88 Å². The van der Waals surface area contributed by atoms with Gasteiger partial charge in [0, 0.05) is 30.9 Å². The fraction of sp³-hybridized carbons (Fsp3) is 0.529. The number of aromatic nitrogens is 1. The third kappa shape index (κ3) is 3.05. The minimum atomic E-state index is 0.568. The first-order chi connectivity index (χ1) is 9.84. The molecule has 0 amide bonds. The molecule has 0 radical (unpaired) electrons. The van der Waals surface area contributed by atoms with Crippen LogP contribution in [0.5, 0.6) is 0 Å². The van der Waals surface area contributed by atoms with E-state index in [1.807, 2.05) is 0 Å². The number of benzene rings is 1. The van der Waals surface area contributed by atoms with Crippen LogP contribution in [0.25, 0.3) is 10.9 Å². The Morgan fingerprint density at radius 1 is 1.35 bits per heavy atom. The van der Waals surface area contributed by atoms with E-state index >= 15 is 0 Å². The summed E-state index contributed by atoms with van der Waals surface area (Å²) in [5.41, 5.74) is 1.34. The van der Waals surface area contributed by atoms with Crippen molar-refractivity contribution in [2.24, 2.45) is 5.92 Å². The molecule has 0 saturated carbocycles. The Morgan fingerprint density at radius 3 is 3.10 bits per heavy atom. The van der Waals surface area contributed by atoms with Crippen LogP contribution in [0.15, 0.2) is 36.5 Å². The van der Waals surface area contributed by atoms with Crippen molar-refractivity contribution in [3.05, 3.63) is 36.5 Å². The lowest BCUT2D eigenvalue weighted by Gasteiger charge is -2.19. The van der Waals surface area contributed by atoms with Gasteiger partial charge in [0.2, 0.25) is 0 Å². The third-order valence-electron chi connectivity index (χ3n) is 4.39. The van der Waals surface area contributed by atoms with E-state index in [0.29, 0.717) is 12.0 Å². The molecular formula is C17H24N2O. The molecule has 20 heavy (non-hydrogen) atoms. The fourth-order valence-corrected chi connectivity index (χ4v) is 3.03. The Bertz CT molecular complexity index is 543. The highest BCUT2D eigenvalue weighted by molar-refractivity contribution is 5.79. The number of para-hydroxylation sites is 1. The van der Waals surface area contributed by atoms with Gasteiger partial charge in [-0.15, -0.1) is 0 Å². The van der Waals surface area contributed by atoms with Gasteiger partial charge in [-0.05, 0) is 49.7 Å². The molecule has 1 aromatic carbocycles. The van der Waals surface area contributed by atoms with Gasteiger partial charge in [-0.25, -0.2) is 0 Å². The topological polar surface area (TPSA) is 26.2 Å². The van der Waals surface area contributed by atoms with E-state index in [2.05, 4.69) is 53.3 Å². The molecule has 2 unspecified atom stereocenters. The minimum absolute atomic E-state index is 0.568. The molecule has 3 heteroatoms. The molecule has 1 aromatic heterocycles. The van der Waals surface area contributed by atoms with Crippen LogP contribution in [-0.2, 0) is 11.3 Å². The van der Waals surface area contributed by atoms with Crippen LogP contribution >= 0.6 is 0 Å². The Morgan fingerprint density at radius 2 is 2.25 bits per heavy atom. The Balaban J connectivity index is 1.45. The van der Waals surface area contributed by atoms with E-state index in [1.165, 1.54) is 17.3 Å². The van der Waals surface area contributed by atoms with Crippen LogP contribution in [-0.4, -0.2) is 30.4 Å². The maximum absolute atomic E-state index is 5.45. The van der Waals surface area contributed by atoms with Gasteiger partial charge >= 0.3 is 0 Å². The Hall–Kier alpha value is -1.32. The van der Waals surface area contributed by atoms with Crippen LogP contribution in [0, 0.1) is 5.92 Å². The molecule has 0 aliphatic carbocycles.